The number of carbonyl (C=O) groups excluding carboxylic acids is 2. The zero-order valence-corrected chi connectivity index (χ0v) is 11.9. The number of nitrogens with one attached hydrogen (secondary N) is 1. The average Bonchev–Trinajstić information content (AvgIpc) is 2.38. The quantitative estimate of drug-likeness (QED) is 0.661. The van der Waals surface area contributed by atoms with Gasteiger partial charge in [-0.2, -0.15) is 0 Å². The van der Waals surface area contributed by atoms with Crippen LogP contribution in [0, 0.1) is 5.41 Å². The molecule has 1 fully saturated rings. The number of rotatable bonds is 6. The van der Waals surface area contributed by atoms with E-state index in [1.807, 2.05) is 6.92 Å². The third kappa shape index (κ3) is 4.11. The number of hydrogen-bond donors (Lipinski definition) is 3. The van der Waals surface area contributed by atoms with Crippen LogP contribution >= 0.6 is 0 Å². The average molecular weight is 285 g/mol. The van der Waals surface area contributed by atoms with Crippen molar-refractivity contribution in [3.8, 4) is 0 Å². The summed E-state index contributed by atoms with van der Waals surface area (Å²) in [4.78, 5) is 35.6. The number of amides is 3. The molecule has 0 aromatic heterocycles. The summed E-state index contributed by atoms with van der Waals surface area (Å²) in [7, 11) is 0. The second kappa shape index (κ2) is 7.12. The highest BCUT2D eigenvalue weighted by atomic mass is 16.4. The first-order chi connectivity index (χ1) is 9.41. The maximum atomic E-state index is 12.0. The molecule has 0 aromatic rings. The van der Waals surface area contributed by atoms with E-state index in [-0.39, 0.29) is 25.5 Å². The molecule has 0 aliphatic carbocycles. The van der Waals surface area contributed by atoms with E-state index >= 15 is 0 Å². The number of carboxylic acid groups (broad SMARTS) is 1. The van der Waals surface area contributed by atoms with Gasteiger partial charge in [-0.05, 0) is 19.3 Å². The molecule has 20 heavy (non-hydrogen) atoms. The molecular formula is C13H23N3O4. The van der Waals surface area contributed by atoms with Gasteiger partial charge in [-0.3, -0.25) is 9.59 Å². The highest BCUT2D eigenvalue weighted by Gasteiger charge is 2.42. The third-order valence-corrected chi connectivity index (χ3v) is 3.69. The van der Waals surface area contributed by atoms with Gasteiger partial charge in [-0.25, -0.2) is 4.79 Å². The normalized spacial score (nSPS) is 22.4. The van der Waals surface area contributed by atoms with Gasteiger partial charge in [-0.15, -0.1) is 0 Å². The lowest BCUT2D eigenvalue weighted by Gasteiger charge is -2.39. The number of primary amides is 1. The van der Waals surface area contributed by atoms with E-state index in [1.54, 1.807) is 0 Å². The van der Waals surface area contributed by atoms with Crippen molar-refractivity contribution >= 4 is 17.9 Å². The van der Waals surface area contributed by atoms with Gasteiger partial charge in [0.05, 0.1) is 5.41 Å². The number of likely N-dealkylation sites (tertiary alicyclic amines) is 1. The summed E-state index contributed by atoms with van der Waals surface area (Å²) in [5, 5.41) is 12.0. The lowest BCUT2D eigenvalue weighted by molar-refractivity contribution is -0.152. The Kier molecular flexibility index (Phi) is 5.79. The summed E-state index contributed by atoms with van der Waals surface area (Å²) < 4.78 is 0. The van der Waals surface area contributed by atoms with Gasteiger partial charge in [0.1, 0.15) is 0 Å². The summed E-state index contributed by atoms with van der Waals surface area (Å²) in [5.41, 5.74) is 4.16. The first-order valence-electron chi connectivity index (χ1n) is 6.96. The summed E-state index contributed by atoms with van der Waals surface area (Å²) in [6, 6.07) is -0.326. The molecular weight excluding hydrogens is 262 g/mol. The molecule has 0 spiro atoms. The Morgan fingerprint density at radius 3 is 2.65 bits per heavy atom. The molecule has 1 atom stereocenters. The van der Waals surface area contributed by atoms with Gasteiger partial charge in [0.15, 0.2) is 0 Å². The van der Waals surface area contributed by atoms with Crippen molar-refractivity contribution in [1.82, 2.24) is 10.2 Å². The number of aliphatic carboxylic acids is 1. The number of hydrogen-bond acceptors (Lipinski definition) is 3. The highest BCUT2D eigenvalue weighted by Crippen LogP contribution is 2.35. The smallest absolute Gasteiger partial charge is 0.317 e. The molecule has 0 aromatic carbocycles. The molecule has 0 radical (unpaired) electrons. The number of piperidine rings is 1. The molecule has 1 aliphatic rings. The third-order valence-electron chi connectivity index (χ3n) is 3.69. The molecule has 7 nitrogen and oxygen atoms in total. The Morgan fingerprint density at radius 1 is 1.40 bits per heavy atom. The number of urea groups is 1. The van der Waals surface area contributed by atoms with Crippen LogP contribution in [0.15, 0.2) is 0 Å². The molecule has 3 amide bonds. The first kappa shape index (κ1) is 16.3. The number of nitrogens with two attached hydrogens (primary N) is 1. The van der Waals surface area contributed by atoms with Crippen LogP contribution in [-0.2, 0) is 9.59 Å². The topological polar surface area (TPSA) is 113 Å². The fourth-order valence-electron chi connectivity index (χ4n) is 2.67. The van der Waals surface area contributed by atoms with Gasteiger partial charge < -0.3 is 21.1 Å². The molecule has 1 unspecified atom stereocenters. The standard InChI is InChI=1S/C13H23N3O4/c1-2-5-13(11(18)19)6-3-8-16(9-13)12(20)15-7-4-10(14)17/h2-9H2,1H3,(H2,14,17)(H,15,20)(H,18,19). The summed E-state index contributed by atoms with van der Waals surface area (Å²) >= 11 is 0. The Hall–Kier alpha value is -1.79. The van der Waals surface area contributed by atoms with Crippen LogP contribution in [0.5, 0.6) is 0 Å². The van der Waals surface area contributed by atoms with Crippen molar-refractivity contribution in [2.75, 3.05) is 19.6 Å². The molecule has 4 N–H and O–H groups in total. The SMILES string of the molecule is CCCC1(C(=O)O)CCCN(C(=O)NCCC(N)=O)C1. The van der Waals surface area contributed by atoms with Gasteiger partial charge in [0.2, 0.25) is 5.91 Å². The van der Waals surface area contributed by atoms with Crippen LogP contribution < -0.4 is 11.1 Å². The van der Waals surface area contributed by atoms with Crippen LogP contribution in [-0.4, -0.2) is 47.5 Å². The van der Waals surface area contributed by atoms with Crippen molar-refractivity contribution in [3.05, 3.63) is 0 Å². The van der Waals surface area contributed by atoms with Crippen LogP contribution in [0.25, 0.3) is 0 Å². The molecule has 0 saturated carbocycles. The largest absolute Gasteiger partial charge is 0.481 e. The van der Waals surface area contributed by atoms with E-state index in [9.17, 15) is 19.5 Å². The minimum Gasteiger partial charge on any atom is -0.481 e. The van der Waals surface area contributed by atoms with Crippen LogP contribution in [0.4, 0.5) is 4.79 Å². The monoisotopic (exact) mass is 285 g/mol. The zero-order chi connectivity index (χ0) is 15.2. The number of carboxylic acids is 1. The Morgan fingerprint density at radius 2 is 2.10 bits per heavy atom. The molecule has 114 valence electrons. The second-order valence-electron chi connectivity index (χ2n) is 5.31. The molecule has 1 aliphatic heterocycles. The number of nitrogens with zero attached hydrogens (tertiary/aromatic N) is 1. The fourth-order valence-corrected chi connectivity index (χ4v) is 2.67. The van der Waals surface area contributed by atoms with Crippen molar-refractivity contribution in [2.24, 2.45) is 11.1 Å². The van der Waals surface area contributed by atoms with Crippen molar-refractivity contribution in [3.63, 3.8) is 0 Å². The Bertz CT molecular complexity index is 382. The zero-order valence-electron chi connectivity index (χ0n) is 11.9. The van der Waals surface area contributed by atoms with E-state index in [0.717, 1.165) is 6.42 Å². The van der Waals surface area contributed by atoms with Gasteiger partial charge in [0.25, 0.3) is 0 Å². The Labute approximate surface area is 118 Å². The Balaban J connectivity index is 2.60. The van der Waals surface area contributed by atoms with Gasteiger partial charge in [0, 0.05) is 26.1 Å². The lowest BCUT2D eigenvalue weighted by Crippen LogP contribution is -2.52. The predicted molar refractivity (Wildman–Crippen MR) is 73.0 cm³/mol. The minimum atomic E-state index is -0.839. The van der Waals surface area contributed by atoms with Crippen molar-refractivity contribution < 1.29 is 19.5 Å². The van der Waals surface area contributed by atoms with E-state index < -0.39 is 17.3 Å². The maximum Gasteiger partial charge on any atom is 0.317 e. The summed E-state index contributed by atoms with van der Waals surface area (Å²) in [6.45, 7) is 2.88. The number of carbonyl (C=O) groups is 3. The maximum absolute atomic E-state index is 12.0. The van der Waals surface area contributed by atoms with Crippen LogP contribution in [0.3, 0.4) is 0 Å². The molecule has 7 heteroatoms. The van der Waals surface area contributed by atoms with Crippen LogP contribution in [0.2, 0.25) is 0 Å². The van der Waals surface area contributed by atoms with Gasteiger partial charge in [-0.1, -0.05) is 13.3 Å². The highest BCUT2D eigenvalue weighted by molar-refractivity contribution is 5.79. The summed E-state index contributed by atoms with van der Waals surface area (Å²) in [5.74, 6) is -1.32. The fraction of sp³-hybridized carbons (Fsp3) is 0.769. The lowest BCUT2D eigenvalue weighted by atomic mass is 9.76. The van der Waals surface area contributed by atoms with Crippen molar-refractivity contribution in [1.29, 1.82) is 0 Å². The van der Waals surface area contributed by atoms with E-state index in [4.69, 9.17) is 5.73 Å². The minimum absolute atomic E-state index is 0.0820. The molecule has 1 heterocycles. The first-order valence-corrected chi connectivity index (χ1v) is 6.96. The molecule has 0 bridgehead atoms. The van der Waals surface area contributed by atoms with E-state index in [2.05, 4.69) is 5.32 Å². The second-order valence-corrected chi connectivity index (χ2v) is 5.31. The van der Waals surface area contributed by atoms with Crippen molar-refractivity contribution in [2.45, 2.75) is 39.0 Å². The van der Waals surface area contributed by atoms with Crippen LogP contribution in [0.1, 0.15) is 39.0 Å². The predicted octanol–water partition coefficient (Wildman–Crippen LogP) is 0.538. The van der Waals surface area contributed by atoms with E-state index in [0.29, 0.717) is 25.8 Å². The summed E-state index contributed by atoms with van der Waals surface area (Å²) in [6.07, 6.45) is 2.69. The van der Waals surface area contributed by atoms with Gasteiger partial charge >= 0.3 is 12.0 Å². The molecule has 1 saturated heterocycles. The van der Waals surface area contributed by atoms with E-state index in [1.165, 1.54) is 4.90 Å². The molecule has 1 rings (SSSR count).